The Morgan fingerprint density at radius 1 is 1.10 bits per heavy atom. The number of hydrogen-bond acceptors (Lipinski definition) is 4. The van der Waals surface area contributed by atoms with Crippen LogP contribution in [0.4, 0.5) is 11.6 Å². The molecule has 0 radical (unpaired) electrons. The molecule has 1 aromatic heterocycles. The molecule has 0 bridgehead atoms. The highest BCUT2D eigenvalue weighted by Gasteiger charge is 2.08. The lowest BCUT2D eigenvalue weighted by atomic mass is 10.1. The van der Waals surface area contributed by atoms with Crippen molar-refractivity contribution in [3.05, 3.63) is 47.8 Å². The van der Waals surface area contributed by atoms with Crippen molar-refractivity contribution in [1.29, 1.82) is 0 Å². The molecule has 1 aromatic carbocycles. The third kappa shape index (κ3) is 3.70. The van der Waals surface area contributed by atoms with Gasteiger partial charge in [0.1, 0.15) is 17.5 Å². The second-order valence-corrected chi connectivity index (χ2v) is 4.83. The van der Waals surface area contributed by atoms with Crippen molar-refractivity contribution in [1.82, 2.24) is 9.97 Å². The van der Waals surface area contributed by atoms with E-state index in [0.29, 0.717) is 0 Å². The van der Waals surface area contributed by atoms with E-state index in [1.807, 2.05) is 19.2 Å². The molecule has 2 aromatic rings. The van der Waals surface area contributed by atoms with Crippen molar-refractivity contribution in [3.8, 4) is 0 Å². The molecule has 20 heavy (non-hydrogen) atoms. The van der Waals surface area contributed by atoms with Gasteiger partial charge < -0.3 is 10.6 Å². The molecule has 2 N–H and O–H groups in total. The Morgan fingerprint density at radius 2 is 1.80 bits per heavy atom. The highest BCUT2D eigenvalue weighted by Crippen LogP contribution is 2.19. The smallest absolute Gasteiger partial charge is 0.133 e. The molecule has 0 aliphatic heterocycles. The summed E-state index contributed by atoms with van der Waals surface area (Å²) >= 11 is 0. The van der Waals surface area contributed by atoms with Crippen molar-refractivity contribution in [2.45, 2.75) is 32.7 Å². The molecule has 0 saturated carbocycles. The first-order chi connectivity index (χ1) is 9.72. The number of benzene rings is 1. The molecule has 2 rings (SSSR count). The van der Waals surface area contributed by atoms with Gasteiger partial charge in [0.2, 0.25) is 0 Å². The Balaban J connectivity index is 2.17. The van der Waals surface area contributed by atoms with Gasteiger partial charge in [-0.05, 0) is 18.9 Å². The van der Waals surface area contributed by atoms with Crippen LogP contribution in [0.25, 0.3) is 0 Å². The first-order valence-corrected chi connectivity index (χ1v) is 7.10. The fraction of sp³-hybridized carbons (Fsp3) is 0.375. The zero-order valence-electron chi connectivity index (χ0n) is 12.4. The van der Waals surface area contributed by atoms with E-state index in [2.05, 4.69) is 58.7 Å². The van der Waals surface area contributed by atoms with Crippen LogP contribution in [0.5, 0.6) is 0 Å². The molecular formula is C16H22N4. The Morgan fingerprint density at radius 3 is 2.45 bits per heavy atom. The first kappa shape index (κ1) is 14.3. The molecule has 0 saturated heterocycles. The van der Waals surface area contributed by atoms with Crippen molar-refractivity contribution >= 4 is 11.6 Å². The molecular weight excluding hydrogens is 248 g/mol. The summed E-state index contributed by atoms with van der Waals surface area (Å²) in [4.78, 5) is 9.03. The zero-order valence-corrected chi connectivity index (χ0v) is 12.4. The molecule has 0 spiro atoms. The van der Waals surface area contributed by atoms with E-state index in [1.54, 1.807) is 0 Å². The van der Waals surface area contributed by atoms with Crippen LogP contribution >= 0.6 is 0 Å². The maximum absolute atomic E-state index is 4.57. The van der Waals surface area contributed by atoms with Crippen LogP contribution in [0.2, 0.25) is 0 Å². The second-order valence-electron chi connectivity index (χ2n) is 4.83. The monoisotopic (exact) mass is 270 g/mol. The number of aryl methyl sites for hydroxylation is 1. The van der Waals surface area contributed by atoms with Gasteiger partial charge in [-0.1, -0.05) is 37.3 Å². The molecule has 0 aliphatic rings. The molecule has 4 nitrogen and oxygen atoms in total. The molecule has 0 fully saturated rings. The minimum Gasteiger partial charge on any atom is -0.373 e. The average Bonchev–Trinajstić information content (AvgIpc) is 2.48. The van der Waals surface area contributed by atoms with E-state index >= 15 is 0 Å². The van der Waals surface area contributed by atoms with Crippen LogP contribution in [0.1, 0.15) is 37.7 Å². The van der Waals surface area contributed by atoms with Crippen LogP contribution in [0.3, 0.4) is 0 Å². The summed E-state index contributed by atoms with van der Waals surface area (Å²) in [5.41, 5.74) is 1.24. The van der Waals surface area contributed by atoms with Crippen LogP contribution in [0.15, 0.2) is 36.4 Å². The van der Waals surface area contributed by atoms with Gasteiger partial charge in [0.05, 0.1) is 0 Å². The molecule has 1 atom stereocenters. The number of rotatable bonds is 6. The summed E-state index contributed by atoms with van der Waals surface area (Å²) in [6, 6.07) is 12.5. The molecule has 0 amide bonds. The van der Waals surface area contributed by atoms with Gasteiger partial charge >= 0.3 is 0 Å². The lowest BCUT2D eigenvalue weighted by molar-refractivity contribution is 0.820. The minimum absolute atomic E-state index is 0.213. The summed E-state index contributed by atoms with van der Waals surface area (Å²) in [6.45, 7) is 4.27. The Labute approximate surface area is 120 Å². The van der Waals surface area contributed by atoms with Crippen molar-refractivity contribution < 1.29 is 0 Å². The van der Waals surface area contributed by atoms with Crippen molar-refractivity contribution in [2.75, 3.05) is 17.7 Å². The Kier molecular flexibility index (Phi) is 4.93. The summed E-state index contributed by atoms with van der Waals surface area (Å²) in [5.74, 6) is 2.59. The lowest BCUT2D eigenvalue weighted by Crippen LogP contribution is -2.10. The highest BCUT2D eigenvalue weighted by atomic mass is 15.1. The van der Waals surface area contributed by atoms with Crippen LogP contribution in [0, 0.1) is 0 Å². The fourth-order valence-corrected chi connectivity index (χ4v) is 2.08. The van der Waals surface area contributed by atoms with E-state index in [1.165, 1.54) is 5.56 Å². The number of hydrogen-bond donors (Lipinski definition) is 2. The van der Waals surface area contributed by atoms with E-state index in [4.69, 9.17) is 0 Å². The quantitative estimate of drug-likeness (QED) is 0.841. The Bertz CT molecular complexity index is 539. The summed E-state index contributed by atoms with van der Waals surface area (Å²) in [7, 11) is 1.88. The van der Waals surface area contributed by atoms with Gasteiger partial charge in [-0.25, -0.2) is 9.97 Å². The zero-order chi connectivity index (χ0) is 14.4. The molecule has 106 valence electrons. The number of aromatic nitrogens is 2. The van der Waals surface area contributed by atoms with Gasteiger partial charge in [0.25, 0.3) is 0 Å². The van der Waals surface area contributed by atoms with E-state index in [9.17, 15) is 0 Å². The number of anilines is 2. The predicted octanol–water partition coefficient (Wildman–Crippen LogP) is 3.64. The largest absolute Gasteiger partial charge is 0.373 e. The third-order valence-corrected chi connectivity index (χ3v) is 3.17. The summed E-state index contributed by atoms with van der Waals surface area (Å²) < 4.78 is 0. The summed E-state index contributed by atoms with van der Waals surface area (Å²) in [6.07, 6.45) is 1.94. The molecule has 0 aliphatic carbocycles. The lowest BCUT2D eigenvalue weighted by Gasteiger charge is -2.16. The SMILES string of the molecule is CCCc1nc(NC)cc(NC(C)c2ccccc2)n1. The van der Waals surface area contributed by atoms with Crippen LogP contribution in [-0.2, 0) is 6.42 Å². The normalized spacial score (nSPS) is 11.9. The molecule has 1 unspecified atom stereocenters. The van der Waals surface area contributed by atoms with Gasteiger partial charge in [-0.2, -0.15) is 0 Å². The second kappa shape index (κ2) is 6.89. The fourth-order valence-electron chi connectivity index (χ4n) is 2.08. The van der Waals surface area contributed by atoms with Crippen molar-refractivity contribution in [2.24, 2.45) is 0 Å². The van der Waals surface area contributed by atoms with Gasteiger partial charge in [-0.3, -0.25) is 0 Å². The van der Waals surface area contributed by atoms with Gasteiger partial charge in [0.15, 0.2) is 0 Å². The molecule has 4 heteroatoms. The number of nitrogens with zero attached hydrogens (tertiary/aromatic N) is 2. The standard InChI is InChI=1S/C16H22N4/c1-4-8-14-19-15(17-3)11-16(20-14)18-12(2)13-9-6-5-7-10-13/h5-7,9-12H,4,8H2,1-3H3,(H2,17,18,19,20). The molecule has 1 heterocycles. The summed E-state index contributed by atoms with van der Waals surface area (Å²) in [5, 5.41) is 6.53. The van der Waals surface area contributed by atoms with E-state index < -0.39 is 0 Å². The predicted molar refractivity (Wildman–Crippen MR) is 84.1 cm³/mol. The minimum atomic E-state index is 0.213. The van der Waals surface area contributed by atoms with E-state index in [-0.39, 0.29) is 6.04 Å². The maximum Gasteiger partial charge on any atom is 0.133 e. The maximum atomic E-state index is 4.57. The van der Waals surface area contributed by atoms with Crippen LogP contribution < -0.4 is 10.6 Å². The van der Waals surface area contributed by atoms with Crippen LogP contribution in [-0.4, -0.2) is 17.0 Å². The Hall–Kier alpha value is -2.10. The third-order valence-electron chi connectivity index (χ3n) is 3.17. The first-order valence-electron chi connectivity index (χ1n) is 7.10. The average molecular weight is 270 g/mol. The topological polar surface area (TPSA) is 49.8 Å². The van der Waals surface area contributed by atoms with E-state index in [0.717, 1.165) is 30.3 Å². The van der Waals surface area contributed by atoms with Crippen molar-refractivity contribution in [3.63, 3.8) is 0 Å². The van der Waals surface area contributed by atoms with Gasteiger partial charge in [-0.15, -0.1) is 0 Å². The number of nitrogens with one attached hydrogen (secondary N) is 2. The van der Waals surface area contributed by atoms with Gasteiger partial charge in [0, 0.05) is 25.6 Å². The highest BCUT2D eigenvalue weighted by molar-refractivity contribution is 5.48.